The normalized spacial score (nSPS) is 17.1. The molecule has 13 heavy (non-hydrogen) atoms. The predicted octanol–water partition coefficient (Wildman–Crippen LogP) is 2.25. The van der Waals surface area contributed by atoms with Crippen LogP contribution in [0.3, 0.4) is 0 Å². The van der Waals surface area contributed by atoms with Gasteiger partial charge in [0.2, 0.25) is 0 Å². The van der Waals surface area contributed by atoms with E-state index in [1.807, 2.05) is 0 Å². The molecule has 1 rings (SSSR count). The Labute approximate surface area is 79.1 Å². The summed E-state index contributed by atoms with van der Waals surface area (Å²) in [6.07, 6.45) is 5.24. The molecule has 0 bridgehead atoms. The van der Waals surface area contributed by atoms with E-state index in [1.54, 1.807) is 0 Å². The summed E-state index contributed by atoms with van der Waals surface area (Å²) in [5, 5.41) is 8.54. The Hall–Kier alpha value is -0.860. The number of carbonyl (C=O) groups is 2. The SMILES string of the molecule is CC(C)=O.O=C(O)C1CCCCC1. The Morgan fingerprint density at radius 2 is 1.46 bits per heavy atom. The summed E-state index contributed by atoms with van der Waals surface area (Å²) in [7, 11) is 0. The van der Waals surface area contributed by atoms with Gasteiger partial charge in [-0.3, -0.25) is 4.79 Å². The first-order valence-electron chi connectivity index (χ1n) is 4.74. The molecule has 0 heterocycles. The number of hydrogen-bond donors (Lipinski definition) is 1. The topological polar surface area (TPSA) is 54.4 Å². The van der Waals surface area contributed by atoms with E-state index >= 15 is 0 Å². The minimum atomic E-state index is -0.602. The quantitative estimate of drug-likeness (QED) is 0.683. The molecule has 0 aromatic heterocycles. The average Bonchev–Trinajstić information content (AvgIpc) is 2.05. The van der Waals surface area contributed by atoms with E-state index in [9.17, 15) is 9.59 Å². The predicted molar refractivity (Wildman–Crippen MR) is 50.6 cm³/mol. The highest BCUT2D eigenvalue weighted by Gasteiger charge is 2.19. The van der Waals surface area contributed by atoms with Gasteiger partial charge in [0.1, 0.15) is 5.78 Å². The summed E-state index contributed by atoms with van der Waals surface area (Å²) in [5.41, 5.74) is 0. The van der Waals surface area contributed by atoms with Gasteiger partial charge >= 0.3 is 5.97 Å². The Balaban J connectivity index is 0.000000310. The standard InChI is InChI=1S/C7H12O2.C3H6O/c8-7(9)6-4-2-1-3-5-6;1-3(2)4/h6H,1-5H2,(H,8,9);1-2H3. The van der Waals surface area contributed by atoms with Crippen molar-refractivity contribution in [3.8, 4) is 0 Å². The van der Waals surface area contributed by atoms with Crippen molar-refractivity contribution in [1.29, 1.82) is 0 Å². The zero-order valence-electron chi connectivity index (χ0n) is 8.38. The molecular weight excluding hydrogens is 168 g/mol. The Morgan fingerprint density at radius 3 is 1.69 bits per heavy atom. The highest BCUT2D eigenvalue weighted by Crippen LogP contribution is 2.23. The summed E-state index contributed by atoms with van der Waals surface area (Å²) in [6.45, 7) is 3.06. The molecule has 3 heteroatoms. The van der Waals surface area contributed by atoms with Gasteiger partial charge in [0.05, 0.1) is 5.92 Å². The second-order valence-electron chi connectivity index (χ2n) is 3.58. The van der Waals surface area contributed by atoms with Crippen LogP contribution in [0.1, 0.15) is 46.0 Å². The van der Waals surface area contributed by atoms with Crippen LogP contribution in [-0.4, -0.2) is 16.9 Å². The lowest BCUT2D eigenvalue weighted by Crippen LogP contribution is -2.16. The fraction of sp³-hybridized carbons (Fsp3) is 0.800. The van der Waals surface area contributed by atoms with Crippen LogP contribution >= 0.6 is 0 Å². The van der Waals surface area contributed by atoms with Crippen LogP contribution in [0.4, 0.5) is 0 Å². The molecule has 0 radical (unpaired) electrons. The third kappa shape index (κ3) is 7.50. The van der Waals surface area contributed by atoms with Crippen molar-refractivity contribution in [3.05, 3.63) is 0 Å². The minimum Gasteiger partial charge on any atom is -0.481 e. The number of carboxylic acid groups (broad SMARTS) is 1. The molecule has 0 saturated heterocycles. The van der Waals surface area contributed by atoms with Crippen molar-refractivity contribution in [1.82, 2.24) is 0 Å². The molecular formula is C10H18O3. The van der Waals surface area contributed by atoms with Crippen molar-refractivity contribution in [2.24, 2.45) is 5.92 Å². The van der Waals surface area contributed by atoms with Crippen LogP contribution in [-0.2, 0) is 9.59 Å². The lowest BCUT2D eigenvalue weighted by molar-refractivity contribution is -0.142. The van der Waals surface area contributed by atoms with Gasteiger partial charge in [-0.1, -0.05) is 19.3 Å². The largest absolute Gasteiger partial charge is 0.481 e. The Bertz CT molecular complexity index is 165. The van der Waals surface area contributed by atoms with Crippen molar-refractivity contribution in [2.45, 2.75) is 46.0 Å². The van der Waals surface area contributed by atoms with E-state index in [2.05, 4.69) is 0 Å². The number of carbonyl (C=O) groups excluding carboxylic acids is 1. The number of rotatable bonds is 1. The van der Waals surface area contributed by atoms with E-state index in [4.69, 9.17) is 5.11 Å². The summed E-state index contributed by atoms with van der Waals surface area (Å²) >= 11 is 0. The first-order valence-corrected chi connectivity index (χ1v) is 4.74. The lowest BCUT2D eigenvalue weighted by Gasteiger charge is -2.16. The second-order valence-corrected chi connectivity index (χ2v) is 3.58. The zero-order valence-corrected chi connectivity index (χ0v) is 8.38. The molecule has 1 N–H and O–H groups in total. The van der Waals surface area contributed by atoms with E-state index < -0.39 is 5.97 Å². The van der Waals surface area contributed by atoms with Crippen LogP contribution in [0.2, 0.25) is 0 Å². The van der Waals surface area contributed by atoms with Crippen LogP contribution < -0.4 is 0 Å². The maximum absolute atomic E-state index is 10.4. The zero-order chi connectivity index (χ0) is 10.3. The molecule has 1 aliphatic rings. The fourth-order valence-corrected chi connectivity index (χ4v) is 1.35. The molecule has 3 nitrogen and oxygen atoms in total. The fourth-order valence-electron chi connectivity index (χ4n) is 1.35. The molecule has 76 valence electrons. The number of Topliss-reactive ketones (excluding diaryl/α,β-unsaturated/α-hetero) is 1. The third-order valence-electron chi connectivity index (χ3n) is 1.95. The number of carboxylic acids is 1. The van der Waals surface area contributed by atoms with Crippen LogP contribution in [0.25, 0.3) is 0 Å². The van der Waals surface area contributed by atoms with E-state index in [0.717, 1.165) is 25.7 Å². The lowest BCUT2D eigenvalue weighted by atomic mass is 9.90. The van der Waals surface area contributed by atoms with Gasteiger partial charge in [-0.15, -0.1) is 0 Å². The molecule has 0 aromatic rings. The monoisotopic (exact) mass is 186 g/mol. The molecule has 0 unspecified atom stereocenters. The van der Waals surface area contributed by atoms with Gasteiger partial charge in [-0.2, -0.15) is 0 Å². The smallest absolute Gasteiger partial charge is 0.306 e. The van der Waals surface area contributed by atoms with Crippen molar-refractivity contribution in [3.63, 3.8) is 0 Å². The molecule has 1 fully saturated rings. The second kappa shape index (κ2) is 6.63. The first kappa shape index (κ1) is 12.1. The number of ketones is 1. The van der Waals surface area contributed by atoms with Gasteiger partial charge in [0.25, 0.3) is 0 Å². The van der Waals surface area contributed by atoms with Gasteiger partial charge in [-0.25, -0.2) is 0 Å². The van der Waals surface area contributed by atoms with E-state index in [1.165, 1.54) is 20.3 Å². The summed E-state index contributed by atoms with van der Waals surface area (Å²) in [6, 6.07) is 0. The van der Waals surface area contributed by atoms with E-state index in [0.29, 0.717) is 0 Å². The highest BCUT2D eigenvalue weighted by atomic mass is 16.4. The molecule has 0 spiro atoms. The highest BCUT2D eigenvalue weighted by molar-refractivity contribution is 5.72. The summed E-state index contributed by atoms with van der Waals surface area (Å²) in [4.78, 5) is 19.8. The maximum Gasteiger partial charge on any atom is 0.306 e. The van der Waals surface area contributed by atoms with Crippen molar-refractivity contribution < 1.29 is 14.7 Å². The first-order chi connectivity index (χ1) is 6.04. The Morgan fingerprint density at radius 1 is 1.08 bits per heavy atom. The average molecular weight is 186 g/mol. The molecule has 0 aliphatic heterocycles. The van der Waals surface area contributed by atoms with Crippen LogP contribution in [0, 0.1) is 5.92 Å². The van der Waals surface area contributed by atoms with Gasteiger partial charge in [0, 0.05) is 0 Å². The van der Waals surface area contributed by atoms with Gasteiger partial charge < -0.3 is 9.90 Å². The van der Waals surface area contributed by atoms with Gasteiger partial charge in [-0.05, 0) is 26.7 Å². The summed E-state index contributed by atoms with van der Waals surface area (Å²) < 4.78 is 0. The third-order valence-corrected chi connectivity index (χ3v) is 1.95. The summed E-state index contributed by atoms with van der Waals surface area (Å²) in [5.74, 6) is -0.464. The molecule has 1 saturated carbocycles. The number of aliphatic carboxylic acids is 1. The van der Waals surface area contributed by atoms with E-state index in [-0.39, 0.29) is 11.7 Å². The maximum atomic E-state index is 10.4. The molecule has 0 atom stereocenters. The van der Waals surface area contributed by atoms with Crippen LogP contribution in [0.5, 0.6) is 0 Å². The molecule has 0 aromatic carbocycles. The van der Waals surface area contributed by atoms with Crippen molar-refractivity contribution >= 4 is 11.8 Å². The molecule has 1 aliphatic carbocycles. The van der Waals surface area contributed by atoms with Crippen molar-refractivity contribution in [2.75, 3.05) is 0 Å². The van der Waals surface area contributed by atoms with Gasteiger partial charge in [0.15, 0.2) is 0 Å². The Kier molecular flexibility index (Phi) is 6.20. The number of hydrogen-bond acceptors (Lipinski definition) is 2. The van der Waals surface area contributed by atoms with Crippen LogP contribution in [0.15, 0.2) is 0 Å². The molecule has 0 amide bonds. The minimum absolute atomic E-state index is 0.0289.